The normalized spacial score (nSPS) is 11.9. The zero-order valence-electron chi connectivity index (χ0n) is 18.9. The molecule has 6 heteroatoms. The Hall–Kier alpha value is -2.34. The highest BCUT2D eigenvalue weighted by Crippen LogP contribution is 2.18. The van der Waals surface area contributed by atoms with Crippen molar-refractivity contribution in [1.82, 2.24) is 10.2 Å². The predicted octanol–water partition coefficient (Wildman–Crippen LogP) is 4.95. The van der Waals surface area contributed by atoms with Gasteiger partial charge in [-0.25, -0.2) is 4.39 Å². The van der Waals surface area contributed by atoms with Crippen LogP contribution in [0.2, 0.25) is 0 Å². The van der Waals surface area contributed by atoms with E-state index in [1.807, 2.05) is 52.0 Å². The topological polar surface area (TPSA) is 49.4 Å². The second-order valence-corrected chi connectivity index (χ2v) is 9.18. The number of thioether (sulfide) groups is 1. The van der Waals surface area contributed by atoms with E-state index in [-0.39, 0.29) is 23.4 Å². The molecule has 1 N–H and O–H groups in total. The van der Waals surface area contributed by atoms with Gasteiger partial charge in [-0.05, 0) is 42.5 Å². The van der Waals surface area contributed by atoms with Gasteiger partial charge in [0.25, 0.3) is 0 Å². The molecular formula is C25H33FN2O2S. The van der Waals surface area contributed by atoms with E-state index < -0.39 is 6.04 Å². The van der Waals surface area contributed by atoms with Crippen LogP contribution in [0.25, 0.3) is 0 Å². The van der Waals surface area contributed by atoms with Gasteiger partial charge in [0.15, 0.2) is 0 Å². The summed E-state index contributed by atoms with van der Waals surface area (Å²) in [7, 11) is 0. The first-order valence-electron chi connectivity index (χ1n) is 10.7. The lowest BCUT2D eigenvalue weighted by Gasteiger charge is -2.31. The second-order valence-electron chi connectivity index (χ2n) is 8.19. The van der Waals surface area contributed by atoms with E-state index in [1.165, 1.54) is 23.9 Å². The molecule has 0 heterocycles. The predicted molar refractivity (Wildman–Crippen MR) is 126 cm³/mol. The highest BCUT2D eigenvalue weighted by molar-refractivity contribution is 7.99. The van der Waals surface area contributed by atoms with Gasteiger partial charge in [0.1, 0.15) is 11.9 Å². The molecule has 1 atom stereocenters. The van der Waals surface area contributed by atoms with Crippen LogP contribution < -0.4 is 5.32 Å². The largest absolute Gasteiger partial charge is 0.354 e. The van der Waals surface area contributed by atoms with Crippen LogP contribution in [-0.4, -0.2) is 35.1 Å². The molecule has 0 aliphatic heterocycles. The fourth-order valence-corrected chi connectivity index (χ4v) is 4.02. The van der Waals surface area contributed by atoms with Crippen LogP contribution in [0.3, 0.4) is 0 Å². The van der Waals surface area contributed by atoms with Gasteiger partial charge in [-0.1, -0.05) is 62.7 Å². The molecule has 0 bridgehead atoms. The number of halogens is 1. The molecule has 0 saturated carbocycles. The highest BCUT2D eigenvalue weighted by Gasteiger charge is 2.28. The molecule has 0 unspecified atom stereocenters. The van der Waals surface area contributed by atoms with Gasteiger partial charge in [-0.3, -0.25) is 9.59 Å². The molecule has 31 heavy (non-hydrogen) atoms. The van der Waals surface area contributed by atoms with E-state index in [2.05, 4.69) is 5.32 Å². The first kappa shape index (κ1) is 24.9. The van der Waals surface area contributed by atoms with Gasteiger partial charge in [0, 0.05) is 18.8 Å². The zero-order valence-corrected chi connectivity index (χ0v) is 19.7. The average molecular weight is 445 g/mol. The van der Waals surface area contributed by atoms with E-state index in [0.29, 0.717) is 31.2 Å². The van der Waals surface area contributed by atoms with E-state index in [1.54, 1.807) is 17.0 Å². The molecule has 0 saturated heterocycles. The van der Waals surface area contributed by atoms with Gasteiger partial charge >= 0.3 is 0 Å². The number of hydrogen-bond donors (Lipinski definition) is 1. The van der Waals surface area contributed by atoms with Crippen LogP contribution in [0.4, 0.5) is 4.39 Å². The number of nitrogens with one attached hydrogen (secondary N) is 1. The van der Waals surface area contributed by atoms with Crippen LogP contribution in [0.1, 0.15) is 43.9 Å². The van der Waals surface area contributed by atoms with Gasteiger partial charge < -0.3 is 10.2 Å². The third-order valence-electron chi connectivity index (χ3n) is 4.95. The molecule has 2 aromatic carbocycles. The Labute approximate surface area is 189 Å². The molecule has 168 valence electrons. The first-order chi connectivity index (χ1) is 14.8. The lowest BCUT2D eigenvalue weighted by atomic mass is 10.1. The molecule has 0 fully saturated rings. The maximum atomic E-state index is 13.2. The van der Waals surface area contributed by atoms with Crippen LogP contribution >= 0.6 is 11.8 Å². The summed E-state index contributed by atoms with van der Waals surface area (Å²) < 4.78 is 13.1. The molecule has 0 aliphatic carbocycles. The third kappa shape index (κ3) is 8.37. The number of carbonyl (C=O) groups is 2. The van der Waals surface area contributed by atoms with E-state index in [9.17, 15) is 14.0 Å². The van der Waals surface area contributed by atoms with Crippen LogP contribution in [0.5, 0.6) is 0 Å². The molecule has 2 rings (SSSR count). The number of benzene rings is 2. The van der Waals surface area contributed by atoms with Crippen molar-refractivity contribution in [2.24, 2.45) is 5.92 Å². The minimum Gasteiger partial charge on any atom is -0.354 e. The van der Waals surface area contributed by atoms with Crippen LogP contribution in [-0.2, 0) is 21.9 Å². The van der Waals surface area contributed by atoms with Crippen molar-refractivity contribution in [2.45, 2.75) is 52.5 Å². The second kappa shape index (κ2) is 12.5. The van der Waals surface area contributed by atoms with Crippen molar-refractivity contribution in [3.05, 3.63) is 71.0 Å². The molecule has 0 radical (unpaired) electrons. The molecule has 2 amide bonds. The van der Waals surface area contributed by atoms with E-state index in [0.717, 1.165) is 16.7 Å². The van der Waals surface area contributed by atoms with Crippen molar-refractivity contribution >= 4 is 23.6 Å². The summed E-state index contributed by atoms with van der Waals surface area (Å²) in [5, 5.41) is 2.98. The fourth-order valence-electron chi connectivity index (χ4n) is 3.15. The molecule has 4 nitrogen and oxygen atoms in total. The summed E-state index contributed by atoms with van der Waals surface area (Å²) in [6, 6.07) is 13.8. The number of aryl methyl sites for hydroxylation is 1. The zero-order chi connectivity index (χ0) is 22.8. The molecule has 0 spiro atoms. The Bertz CT molecular complexity index is 838. The summed E-state index contributed by atoms with van der Waals surface area (Å²) in [6.45, 7) is 9.02. The van der Waals surface area contributed by atoms with Crippen LogP contribution in [0.15, 0.2) is 48.5 Å². The maximum absolute atomic E-state index is 13.2. The summed E-state index contributed by atoms with van der Waals surface area (Å²) in [5.41, 5.74) is 3.11. The van der Waals surface area contributed by atoms with Gasteiger partial charge in [-0.2, -0.15) is 0 Å². The lowest BCUT2D eigenvalue weighted by Crippen LogP contribution is -2.50. The fraction of sp³-hybridized carbons (Fsp3) is 0.440. The van der Waals surface area contributed by atoms with Crippen molar-refractivity contribution < 1.29 is 14.0 Å². The van der Waals surface area contributed by atoms with Gasteiger partial charge in [0.05, 0.1) is 5.75 Å². The quantitative estimate of drug-likeness (QED) is 0.534. The monoisotopic (exact) mass is 444 g/mol. The minimum absolute atomic E-state index is 0.0702. The van der Waals surface area contributed by atoms with Crippen molar-refractivity contribution in [3.8, 4) is 0 Å². The Morgan fingerprint density at radius 3 is 2.23 bits per heavy atom. The standard InChI is InChI=1S/C25H33FN2O2S/c1-5-23(25(30)27-14-18(2)3)28(15-20-8-6-19(4)7-9-20)24(29)17-31-16-21-10-12-22(26)13-11-21/h6-13,18,23H,5,14-17H2,1-4H3,(H,27,30)/t23-/m1/s1. The number of nitrogens with zero attached hydrogens (tertiary/aromatic N) is 1. The molecular weight excluding hydrogens is 411 g/mol. The maximum Gasteiger partial charge on any atom is 0.242 e. The highest BCUT2D eigenvalue weighted by atomic mass is 32.2. The van der Waals surface area contributed by atoms with Gasteiger partial charge in [-0.15, -0.1) is 11.8 Å². The van der Waals surface area contributed by atoms with Gasteiger partial charge in [0.2, 0.25) is 11.8 Å². The third-order valence-corrected chi connectivity index (χ3v) is 5.94. The van der Waals surface area contributed by atoms with Crippen LogP contribution in [0, 0.1) is 18.7 Å². The Morgan fingerprint density at radius 1 is 1.03 bits per heavy atom. The van der Waals surface area contributed by atoms with Crippen molar-refractivity contribution in [2.75, 3.05) is 12.3 Å². The number of amides is 2. The number of carbonyl (C=O) groups excluding carboxylic acids is 2. The Kier molecular flexibility index (Phi) is 10.0. The Morgan fingerprint density at radius 2 is 1.65 bits per heavy atom. The van der Waals surface area contributed by atoms with Crippen molar-refractivity contribution in [3.63, 3.8) is 0 Å². The SMILES string of the molecule is CC[C@H](C(=O)NCC(C)C)N(Cc1ccc(C)cc1)C(=O)CSCc1ccc(F)cc1. The summed E-state index contributed by atoms with van der Waals surface area (Å²) in [5.74, 6) is 0.762. The van der Waals surface area contributed by atoms with E-state index in [4.69, 9.17) is 0 Å². The summed E-state index contributed by atoms with van der Waals surface area (Å²) in [6.07, 6.45) is 0.546. The molecule has 0 aliphatic rings. The average Bonchev–Trinajstić information content (AvgIpc) is 2.74. The van der Waals surface area contributed by atoms with E-state index >= 15 is 0 Å². The van der Waals surface area contributed by atoms with Crippen molar-refractivity contribution in [1.29, 1.82) is 0 Å². The summed E-state index contributed by atoms with van der Waals surface area (Å²) >= 11 is 1.47. The lowest BCUT2D eigenvalue weighted by molar-refractivity contribution is -0.139. The number of rotatable bonds is 11. The smallest absolute Gasteiger partial charge is 0.242 e. The first-order valence-corrected chi connectivity index (χ1v) is 11.9. The Balaban J connectivity index is 2.10. The molecule has 2 aromatic rings. The molecule has 0 aromatic heterocycles. The minimum atomic E-state index is -0.515. The number of hydrogen-bond acceptors (Lipinski definition) is 3. The summed E-state index contributed by atoms with van der Waals surface area (Å²) in [4.78, 5) is 27.7.